The van der Waals surface area contributed by atoms with Gasteiger partial charge in [-0.2, -0.15) is 0 Å². The van der Waals surface area contributed by atoms with E-state index in [1.165, 1.54) is 113 Å². The van der Waals surface area contributed by atoms with Crippen LogP contribution in [0, 0.1) is 47.3 Å². The standard InChI is InChI=1S/C64H63N/c1-40-29-44-33-42(3)63(49(31-40)35-44)58-21-13-11-19-53(58)56-38-51(24-26-60(56)63)65(62-28-23-48(46-15-7-5-8-16-46)37-55(62)47-17-9-6-10-18-47)52-25-27-61-57(39-52)54-20-12-14-22-59(54)64(61)43(4)34-45-30-41(2)32-50(64)36-45/h5-28,37-45,49-50H,29-36H2,1-4H3/t40-,41-,42+,43+,44?,45?,49?,50?,63-,64+/m1/s1. The average Bonchev–Trinajstić information content (AvgIpc) is 3.79. The van der Waals surface area contributed by atoms with Crippen molar-refractivity contribution in [3.05, 3.63) is 186 Å². The summed E-state index contributed by atoms with van der Waals surface area (Å²) in [5.74, 6) is 5.84. The van der Waals surface area contributed by atoms with Crippen molar-refractivity contribution >= 4 is 17.1 Å². The van der Waals surface area contributed by atoms with Crippen LogP contribution < -0.4 is 4.90 Å². The molecule has 6 aliphatic rings. The number of nitrogens with zero attached hydrogens (tertiary/aromatic N) is 1. The number of rotatable bonds is 5. The molecule has 13 rings (SSSR count). The Morgan fingerprint density at radius 1 is 0.354 bits per heavy atom. The van der Waals surface area contributed by atoms with Crippen LogP contribution in [-0.4, -0.2) is 0 Å². The quantitative estimate of drug-likeness (QED) is 0.167. The van der Waals surface area contributed by atoms with Gasteiger partial charge in [0, 0.05) is 27.8 Å². The Bertz CT molecular complexity index is 2820. The van der Waals surface area contributed by atoms with Gasteiger partial charge in [0.2, 0.25) is 0 Å². The van der Waals surface area contributed by atoms with Gasteiger partial charge in [0.25, 0.3) is 0 Å². The Balaban J connectivity index is 1.04. The molecule has 65 heavy (non-hydrogen) atoms. The predicted molar refractivity (Wildman–Crippen MR) is 272 cm³/mol. The lowest BCUT2D eigenvalue weighted by Crippen LogP contribution is -2.49. The summed E-state index contributed by atoms with van der Waals surface area (Å²) in [7, 11) is 0. The number of hydrogen-bond donors (Lipinski definition) is 0. The highest BCUT2D eigenvalue weighted by molar-refractivity contribution is 5.95. The first-order valence-electron chi connectivity index (χ1n) is 25.4. The van der Waals surface area contributed by atoms with Crippen LogP contribution in [0.4, 0.5) is 17.1 Å². The number of fused-ring (bicyclic) bond motifs is 16. The van der Waals surface area contributed by atoms with Gasteiger partial charge < -0.3 is 4.90 Å². The van der Waals surface area contributed by atoms with Gasteiger partial charge in [-0.3, -0.25) is 0 Å². The van der Waals surface area contributed by atoms with Crippen LogP contribution >= 0.6 is 0 Å². The van der Waals surface area contributed by atoms with Crippen molar-refractivity contribution in [3.63, 3.8) is 0 Å². The van der Waals surface area contributed by atoms with E-state index in [0.717, 1.165) is 23.7 Å². The van der Waals surface area contributed by atoms with Crippen LogP contribution in [0.3, 0.4) is 0 Å². The Morgan fingerprint density at radius 3 is 1.34 bits per heavy atom. The molecule has 1 heteroatoms. The largest absolute Gasteiger partial charge is 0.310 e. The monoisotopic (exact) mass is 845 g/mol. The first-order valence-corrected chi connectivity index (χ1v) is 25.4. The molecule has 7 aromatic rings. The van der Waals surface area contributed by atoms with Gasteiger partial charge >= 0.3 is 0 Å². The molecule has 0 amide bonds. The van der Waals surface area contributed by atoms with Crippen LogP contribution in [0.25, 0.3) is 44.5 Å². The lowest BCUT2D eigenvalue weighted by atomic mass is 9.49. The molecule has 0 N–H and O–H groups in total. The van der Waals surface area contributed by atoms with E-state index in [1.807, 2.05) is 0 Å². The van der Waals surface area contributed by atoms with Gasteiger partial charge in [-0.15, -0.1) is 0 Å². The van der Waals surface area contributed by atoms with Crippen molar-refractivity contribution in [2.24, 2.45) is 47.3 Å². The zero-order valence-corrected chi connectivity index (χ0v) is 38.8. The van der Waals surface area contributed by atoms with Crippen molar-refractivity contribution in [1.29, 1.82) is 0 Å². The molecular weight excluding hydrogens is 783 g/mol. The normalized spacial score (nSPS) is 30.1. The molecule has 0 radical (unpaired) electrons. The highest BCUT2D eigenvalue weighted by Gasteiger charge is 2.58. The van der Waals surface area contributed by atoms with Crippen LogP contribution in [-0.2, 0) is 10.8 Å². The summed E-state index contributed by atoms with van der Waals surface area (Å²) in [6, 6.07) is 63.8. The maximum atomic E-state index is 2.63. The van der Waals surface area contributed by atoms with E-state index in [1.54, 1.807) is 22.3 Å². The van der Waals surface area contributed by atoms with Crippen molar-refractivity contribution in [3.8, 4) is 44.5 Å². The molecule has 10 atom stereocenters. The van der Waals surface area contributed by atoms with Gasteiger partial charge in [0.15, 0.2) is 0 Å². The van der Waals surface area contributed by atoms with Crippen molar-refractivity contribution in [2.75, 3.05) is 4.90 Å². The zero-order chi connectivity index (χ0) is 43.6. The molecule has 4 fully saturated rings. The van der Waals surface area contributed by atoms with Crippen LogP contribution in [0.2, 0.25) is 0 Å². The summed E-state index contributed by atoms with van der Waals surface area (Å²) in [5, 5.41) is 0. The second kappa shape index (κ2) is 14.9. The SMILES string of the molecule is C[C@@H]1CC2CC(C1)[C@@]1(c3ccccc3-c3cc(N(c4ccc5c(c4)-c4ccccc4[C@]54C5CC(C[C@@H](C)C5)C[C@@H]4C)c4ccc(-c5ccccc5)cc4-c4ccccc4)ccc31)[C@@H](C)C2. The number of benzene rings is 7. The summed E-state index contributed by atoms with van der Waals surface area (Å²) < 4.78 is 0. The van der Waals surface area contributed by atoms with Gasteiger partial charge in [-0.25, -0.2) is 0 Å². The van der Waals surface area contributed by atoms with Gasteiger partial charge in [-0.05, 0) is 196 Å². The van der Waals surface area contributed by atoms with Crippen LogP contribution in [0.5, 0.6) is 0 Å². The molecule has 7 aromatic carbocycles. The van der Waals surface area contributed by atoms with E-state index in [0.29, 0.717) is 23.7 Å². The summed E-state index contributed by atoms with van der Waals surface area (Å²) in [5.41, 5.74) is 20.8. The van der Waals surface area contributed by atoms with Crippen molar-refractivity contribution < 1.29 is 0 Å². The Hall–Kier alpha value is -5.66. The number of hydrogen-bond acceptors (Lipinski definition) is 1. The topological polar surface area (TPSA) is 3.24 Å². The minimum atomic E-state index is 0.0604. The fraction of sp³-hybridized carbons (Fsp3) is 0.344. The second-order valence-electron chi connectivity index (χ2n) is 22.1. The molecule has 4 bridgehead atoms. The van der Waals surface area contributed by atoms with Gasteiger partial charge in [0.1, 0.15) is 0 Å². The molecule has 2 spiro atoms. The summed E-state index contributed by atoms with van der Waals surface area (Å²) >= 11 is 0. The molecule has 1 nitrogen and oxygen atoms in total. The molecule has 0 heterocycles. The molecule has 324 valence electrons. The summed E-state index contributed by atoms with van der Waals surface area (Å²) in [6.07, 6.45) is 10.8. The lowest BCUT2D eigenvalue weighted by molar-refractivity contribution is 0.0425. The third-order valence-corrected chi connectivity index (χ3v) is 18.5. The minimum Gasteiger partial charge on any atom is -0.310 e. The Morgan fingerprint density at radius 2 is 0.815 bits per heavy atom. The fourth-order valence-corrected chi connectivity index (χ4v) is 16.5. The zero-order valence-electron chi connectivity index (χ0n) is 38.8. The molecular formula is C64H63N. The average molecular weight is 846 g/mol. The van der Waals surface area contributed by atoms with E-state index in [4.69, 9.17) is 0 Å². The predicted octanol–water partition coefficient (Wildman–Crippen LogP) is 17.2. The molecule has 6 aliphatic carbocycles. The third kappa shape index (κ3) is 5.76. The molecule has 4 saturated carbocycles. The fourth-order valence-electron chi connectivity index (χ4n) is 16.5. The lowest BCUT2D eigenvalue weighted by Gasteiger charge is -2.54. The Labute approximate surface area is 388 Å². The first kappa shape index (κ1) is 39.7. The van der Waals surface area contributed by atoms with Crippen LogP contribution in [0.15, 0.2) is 164 Å². The second-order valence-corrected chi connectivity index (χ2v) is 22.1. The highest BCUT2D eigenvalue weighted by atomic mass is 15.1. The van der Waals surface area contributed by atoms with Crippen LogP contribution in [0.1, 0.15) is 101 Å². The van der Waals surface area contributed by atoms with Gasteiger partial charge in [0.05, 0.1) is 5.69 Å². The van der Waals surface area contributed by atoms with E-state index in [9.17, 15) is 0 Å². The van der Waals surface area contributed by atoms with E-state index < -0.39 is 0 Å². The Kier molecular flexibility index (Phi) is 9.12. The van der Waals surface area contributed by atoms with Crippen molar-refractivity contribution in [1.82, 2.24) is 0 Å². The maximum Gasteiger partial charge on any atom is 0.0540 e. The number of anilines is 3. The van der Waals surface area contributed by atoms with Crippen molar-refractivity contribution in [2.45, 2.75) is 89.9 Å². The minimum absolute atomic E-state index is 0.0604. The molecule has 0 saturated heterocycles. The van der Waals surface area contributed by atoms with E-state index >= 15 is 0 Å². The molecule has 4 unspecified atom stereocenters. The van der Waals surface area contributed by atoms with Gasteiger partial charge in [-0.1, -0.05) is 155 Å². The summed E-state index contributed by atoms with van der Waals surface area (Å²) in [4.78, 5) is 2.63. The maximum absolute atomic E-state index is 2.63. The summed E-state index contributed by atoms with van der Waals surface area (Å²) in [6.45, 7) is 10.2. The smallest absolute Gasteiger partial charge is 0.0540 e. The third-order valence-electron chi connectivity index (χ3n) is 18.5. The molecule has 0 aliphatic heterocycles. The van der Waals surface area contributed by atoms with E-state index in [-0.39, 0.29) is 10.8 Å². The highest BCUT2D eigenvalue weighted by Crippen LogP contribution is 2.67. The molecule has 0 aromatic heterocycles. The van der Waals surface area contributed by atoms with E-state index in [2.05, 4.69) is 196 Å². The first-order chi connectivity index (χ1) is 31.8.